The molecule has 1 amide bonds. The van der Waals surface area contributed by atoms with Crippen LogP contribution in [0.1, 0.15) is 42.1 Å². The molecular formula is C26H28F2N4OS. The highest BCUT2D eigenvalue weighted by atomic mass is 32.2. The molecule has 1 fully saturated rings. The lowest BCUT2D eigenvalue weighted by Gasteiger charge is -2.22. The lowest BCUT2D eigenvalue weighted by Crippen LogP contribution is -2.40. The minimum atomic E-state index is -3.03. The lowest BCUT2D eigenvalue weighted by atomic mass is 10.0. The van der Waals surface area contributed by atoms with Gasteiger partial charge < -0.3 is 5.32 Å². The first-order chi connectivity index (χ1) is 16.2. The first-order valence-electron chi connectivity index (χ1n) is 11.3. The van der Waals surface area contributed by atoms with E-state index < -0.39 is 5.92 Å². The number of halogens is 2. The normalized spacial score (nSPS) is 16.6. The Morgan fingerprint density at radius 3 is 2.56 bits per heavy atom. The zero-order valence-electron chi connectivity index (χ0n) is 19.5. The average molecular weight is 483 g/mol. The molecule has 2 aromatic carbocycles. The van der Waals surface area contributed by atoms with Gasteiger partial charge in [0.1, 0.15) is 5.69 Å². The predicted octanol–water partition coefficient (Wildman–Crippen LogP) is 5.66. The Morgan fingerprint density at radius 2 is 1.88 bits per heavy atom. The fourth-order valence-corrected chi connectivity index (χ4v) is 5.05. The third-order valence-corrected chi connectivity index (χ3v) is 6.91. The van der Waals surface area contributed by atoms with Crippen molar-refractivity contribution in [1.29, 1.82) is 0 Å². The largest absolute Gasteiger partial charge is 0.351 e. The van der Waals surface area contributed by atoms with Gasteiger partial charge in [0, 0.05) is 30.5 Å². The van der Waals surface area contributed by atoms with Gasteiger partial charge in [-0.3, -0.25) is 14.8 Å². The van der Waals surface area contributed by atoms with Gasteiger partial charge in [-0.25, -0.2) is 4.31 Å². The Morgan fingerprint density at radius 1 is 1.12 bits per heavy atom. The molecule has 8 heteroatoms. The summed E-state index contributed by atoms with van der Waals surface area (Å²) in [4.78, 5) is 22.2. The van der Waals surface area contributed by atoms with E-state index in [0.29, 0.717) is 12.2 Å². The molecule has 4 rings (SSSR count). The van der Waals surface area contributed by atoms with E-state index in [9.17, 15) is 13.6 Å². The van der Waals surface area contributed by atoms with Crippen LogP contribution < -0.4 is 5.32 Å². The van der Waals surface area contributed by atoms with Crippen molar-refractivity contribution in [3.63, 3.8) is 0 Å². The quantitative estimate of drug-likeness (QED) is 0.441. The van der Waals surface area contributed by atoms with Crippen LogP contribution in [0.15, 0.2) is 59.8 Å². The van der Waals surface area contributed by atoms with E-state index in [1.807, 2.05) is 25.1 Å². The zero-order chi connectivity index (χ0) is 24.3. The number of aromatic nitrogens is 2. The number of hydrogen-bond donors (Lipinski definition) is 1. The van der Waals surface area contributed by atoms with E-state index in [2.05, 4.69) is 50.8 Å². The SMILES string of the molecule is Cc1ccc(SN2CCCC2C(=O)NCc2cc(C)cc(-c3cnc(C(C)(F)F)cn3)c2)cc1. The van der Waals surface area contributed by atoms with Crippen molar-refractivity contribution < 1.29 is 13.6 Å². The summed E-state index contributed by atoms with van der Waals surface area (Å²) < 4.78 is 29.0. The monoisotopic (exact) mass is 482 g/mol. The van der Waals surface area contributed by atoms with E-state index >= 15 is 0 Å². The van der Waals surface area contributed by atoms with Gasteiger partial charge in [-0.15, -0.1) is 0 Å². The van der Waals surface area contributed by atoms with Crippen molar-refractivity contribution in [1.82, 2.24) is 19.6 Å². The van der Waals surface area contributed by atoms with Gasteiger partial charge in [-0.2, -0.15) is 8.78 Å². The van der Waals surface area contributed by atoms with Crippen LogP contribution in [0.2, 0.25) is 0 Å². The summed E-state index contributed by atoms with van der Waals surface area (Å²) in [5, 5.41) is 3.07. The molecule has 1 aromatic heterocycles. The number of amides is 1. The van der Waals surface area contributed by atoms with Crippen molar-refractivity contribution in [2.75, 3.05) is 6.54 Å². The molecule has 5 nitrogen and oxygen atoms in total. The number of carbonyl (C=O) groups excluding carboxylic acids is 1. The van der Waals surface area contributed by atoms with Crippen LogP contribution in [-0.4, -0.2) is 32.8 Å². The number of aryl methyl sites for hydroxylation is 2. The minimum absolute atomic E-state index is 0.00879. The molecule has 0 saturated carbocycles. The minimum Gasteiger partial charge on any atom is -0.351 e. The highest BCUT2D eigenvalue weighted by Gasteiger charge is 2.31. The Bertz CT molecular complexity index is 1150. The topological polar surface area (TPSA) is 58.1 Å². The summed E-state index contributed by atoms with van der Waals surface area (Å²) in [5.41, 5.74) is 4.06. The number of nitrogens with one attached hydrogen (secondary N) is 1. The molecule has 0 spiro atoms. The van der Waals surface area contributed by atoms with Gasteiger partial charge in [0.05, 0.1) is 24.1 Å². The second-order valence-corrected chi connectivity index (χ2v) is 9.93. The summed E-state index contributed by atoms with van der Waals surface area (Å²) in [6, 6.07) is 14.0. The van der Waals surface area contributed by atoms with Crippen LogP contribution in [0.4, 0.5) is 8.78 Å². The Labute approximate surface area is 203 Å². The van der Waals surface area contributed by atoms with Crippen LogP contribution in [0.3, 0.4) is 0 Å². The van der Waals surface area contributed by atoms with Crippen molar-refractivity contribution in [2.45, 2.75) is 57.0 Å². The highest BCUT2D eigenvalue weighted by molar-refractivity contribution is 7.97. The van der Waals surface area contributed by atoms with Gasteiger partial charge in [0.15, 0.2) is 0 Å². The second kappa shape index (κ2) is 10.2. The molecule has 1 saturated heterocycles. The third kappa shape index (κ3) is 5.98. The molecule has 0 bridgehead atoms. The average Bonchev–Trinajstić information content (AvgIpc) is 3.26. The number of benzene rings is 2. The van der Waals surface area contributed by atoms with Gasteiger partial charge in [0.2, 0.25) is 5.91 Å². The molecule has 34 heavy (non-hydrogen) atoms. The molecule has 1 aliphatic heterocycles. The van der Waals surface area contributed by atoms with Gasteiger partial charge in [0.25, 0.3) is 5.92 Å². The molecule has 178 valence electrons. The molecule has 0 aliphatic carbocycles. The molecule has 3 aromatic rings. The number of alkyl halides is 2. The Balaban J connectivity index is 1.41. The number of carbonyl (C=O) groups is 1. The third-order valence-electron chi connectivity index (χ3n) is 5.75. The fourth-order valence-electron chi connectivity index (χ4n) is 3.97. The van der Waals surface area contributed by atoms with Crippen LogP contribution in [0.5, 0.6) is 0 Å². The molecule has 2 heterocycles. The van der Waals surface area contributed by atoms with E-state index in [1.165, 1.54) is 11.8 Å². The molecule has 0 radical (unpaired) electrons. The second-order valence-electron chi connectivity index (χ2n) is 8.80. The van der Waals surface area contributed by atoms with Crippen LogP contribution in [-0.2, 0) is 17.3 Å². The standard InChI is InChI=1S/C26H28F2N4OS/c1-17-6-8-21(9-7-17)34-32-10-4-5-23(32)25(33)31-14-19-11-18(2)12-20(13-19)22-15-30-24(16-29-22)26(3,27)28/h6-9,11-13,15-16,23H,4-5,10,14H2,1-3H3,(H,31,33). The van der Waals surface area contributed by atoms with Crippen molar-refractivity contribution in [3.05, 3.63) is 77.2 Å². The first-order valence-corrected chi connectivity index (χ1v) is 12.1. The van der Waals surface area contributed by atoms with Gasteiger partial charge >= 0.3 is 0 Å². The summed E-state index contributed by atoms with van der Waals surface area (Å²) >= 11 is 1.63. The molecule has 1 atom stereocenters. The smallest absolute Gasteiger partial charge is 0.288 e. The van der Waals surface area contributed by atoms with E-state index in [1.54, 1.807) is 11.9 Å². The molecule has 1 unspecified atom stereocenters. The van der Waals surface area contributed by atoms with Gasteiger partial charge in [-0.1, -0.05) is 29.3 Å². The summed E-state index contributed by atoms with van der Waals surface area (Å²) in [6.07, 6.45) is 4.28. The maximum atomic E-state index is 13.4. The first kappa shape index (κ1) is 24.3. The Kier molecular flexibility index (Phi) is 7.28. The van der Waals surface area contributed by atoms with Crippen LogP contribution in [0.25, 0.3) is 11.3 Å². The van der Waals surface area contributed by atoms with Crippen molar-refractivity contribution >= 4 is 17.9 Å². The molecule has 1 N–H and O–H groups in total. The van der Waals surface area contributed by atoms with E-state index in [4.69, 9.17) is 0 Å². The fraction of sp³-hybridized carbons (Fsp3) is 0.346. The van der Waals surface area contributed by atoms with Crippen LogP contribution in [0, 0.1) is 13.8 Å². The number of hydrogen-bond acceptors (Lipinski definition) is 5. The lowest BCUT2D eigenvalue weighted by molar-refractivity contribution is -0.124. The maximum Gasteiger partial charge on any atom is 0.288 e. The summed E-state index contributed by atoms with van der Waals surface area (Å²) in [6.45, 7) is 6.06. The number of nitrogens with zero attached hydrogens (tertiary/aromatic N) is 3. The van der Waals surface area contributed by atoms with Crippen LogP contribution >= 0.6 is 11.9 Å². The maximum absolute atomic E-state index is 13.4. The zero-order valence-corrected chi connectivity index (χ0v) is 20.3. The van der Waals surface area contributed by atoms with Crippen molar-refractivity contribution in [2.24, 2.45) is 0 Å². The summed E-state index contributed by atoms with van der Waals surface area (Å²) in [7, 11) is 0. The highest BCUT2D eigenvalue weighted by Crippen LogP contribution is 2.31. The van der Waals surface area contributed by atoms with Crippen molar-refractivity contribution in [3.8, 4) is 11.3 Å². The van der Waals surface area contributed by atoms with E-state index in [0.717, 1.165) is 54.1 Å². The Hall–Kier alpha value is -2.84. The van der Waals surface area contributed by atoms with Gasteiger partial charge in [-0.05, 0) is 68.5 Å². The summed E-state index contributed by atoms with van der Waals surface area (Å²) in [5.74, 6) is -3.02. The molecule has 1 aliphatic rings. The number of rotatable bonds is 7. The molecular weight excluding hydrogens is 454 g/mol. The predicted molar refractivity (Wildman–Crippen MR) is 130 cm³/mol. The van der Waals surface area contributed by atoms with E-state index in [-0.39, 0.29) is 17.6 Å².